The number of nitrogens with zero attached hydrogens (tertiary/aromatic N) is 4. The third-order valence-corrected chi connectivity index (χ3v) is 3.77. The lowest BCUT2D eigenvalue weighted by atomic mass is 10.2. The van der Waals surface area contributed by atoms with Crippen LogP contribution in [0.4, 0.5) is 0 Å². The third kappa shape index (κ3) is 2.80. The third-order valence-electron chi connectivity index (χ3n) is 3.77. The SMILES string of the molecule is CNCC1CCCN1C(=O)c1cccc(-n2cccn2)n1. The summed E-state index contributed by atoms with van der Waals surface area (Å²) in [5.41, 5.74) is 0.478. The van der Waals surface area contributed by atoms with E-state index < -0.39 is 0 Å². The van der Waals surface area contributed by atoms with Gasteiger partial charge in [0.1, 0.15) is 5.69 Å². The molecular weight excluding hydrogens is 266 g/mol. The van der Waals surface area contributed by atoms with Gasteiger partial charge in [0.2, 0.25) is 0 Å². The fourth-order valence-corrected chi connectivity index (χ4v) is 2.77. The predicted molar refractivity (Wildman–Crippen MR) is 79.3 cm³/mol. The maximum absolute atomic E-state index is 12.7. The Morgan fingerprint density at radius 3 is 3.10 bits per heavy atom. The van der Waals surface area contributed by atoms with E-state index >= 15 is 0 Å². The Bertz CT molecular complexity index is 610. The first kappa shape index (κ1) is 13.8. The van der Waals surface area contributed by atoms with Gasteiger partial charge in [-0.15, -0.1) is 0 Å². The van der Waals surface area contributed by atoms with Crippen molar-refractivity contribution in [1.29, 1.82) is 0 Å². The lowest BCUT2D eigenvalue weighted by molar-refractivity contribution is 0.0731. The van der Waals surface area contributed by atoms with Crippen LogP contribution in [-0.4, -0.2) is 51.8 Å². The molecule has 2 aromatic rings. The Morgan fingerprint density at radius 1 is 1.43 bits per heavy atom. The average Bonchev–Trinajstić information content (AvgIpc) is 3.18. The number of amides is 1. The van der Waals surface area contributed by atoms with E-state index in [1.807, 2.05) is 36.3 Å². The Morgan fingerprint density at radius 2 is 2.33 bits per heavy atom. The van der Waals surface area contributed by atoms with E-state index in [4.69, 9.17) is 0 Å². The van der Waals surface area contributed by atoms with Crippen molar-refractivity contribution in [2.75, 3.05) is 20.1 Å². The molecule has 3 rings (SSSR count). The molecule has 110 valence electrons. The fraction of sp³-hybridized carbons (Fsp3) is 0.400. The van der Waals surface area contributed by atoms with Gasteiger partial charge < -0.3 is 10.2 Å². The van der Waals surface area contributed by atoms with Crippen LogP contribution in [0.2, 0.25) is 0 Å². The molecule has 2 aromatic heterocycles. The number of likely N-dealkylation sites (tertiary alicyclic amines) is 1. The summed E-state index contributed by atoms with van der Waals surface area (Å²) < 4.78 is 1.66. The Kier molecular flexibility index (Phi) is 3.96. The summed E-state index contributed by atoms with van der Waals surface area (Å²) in [4.78, 5) is 19.0. The molecule has 0 radical (unpaired) electrons. The van der Waals surface area contributed by atoms with Crippen molar-refractivity contribution in [3.8, 4) is 5.82 Å². The number of carbonyl (C=O) groups excluding carboxylic acids is 1. The summed E-state index contributed by atoms with van der Waals surface area (Å²) in [6.45, 7) is 1.63. The lowest BCUT2D eigenvalue weighted by Crippen LogP contribution is -2.41. The van der Waals surface area contributed by atoms with Crippen LogP contribution in [0.5, 0.6) is 0 Å². The van der Waals surface area contributed by atoms with Crippen molar-refractivity contribution in [2.45, 2.75) is 18.9 Å². The molecular formula is C15H19N5O. The van der Waals surface area contributed by atoms with Gasteiger partial charge in [0.15, 0.2) is 5.82 Å². The highest BCUT2D eigenvalue weighted by Crippen LogP contribution is 2.19. The molecule has 21 heavy (non-hydrogen) atoms. The summed E-state index contributed by atoms with van der Waals surface area (Å²) in [5, 5.41) is 7.30. The van der Waals surface area contributed by atoms with E-state index in [9.17, 15) is 4.79 Å². The summed E-state index contributed by atoms with van der Waals surface area (Å²) in [6.07, 6.45) is 5.61. The fourth-order valence-electron chi connectivity index (χ4n) is 2.77. The Labute approximate surface area is 123 Å². The molecule has 1 N–H and O–H groups in total. The molecule has 1 unspecified atom stereocenters. The highest BCUT2D eigenvalue weighted by molar-refractivity contribution is 5.93. The zero-order valence-corrected chi connectivity index (χ0v) is 12.1. The minimum absolute atomic E-state index is 0.00163. The van der Waals surface area contributed by atoms with E-state index in [-0.39, 0.29) is 11.9 Å². The van der Waals surface area contributed by atoms with Gasteiger partial charge in [0, 0.05) is 31.5 Å². The first-order chi connectivity index (χ1) is 10.3. The number of carbonyl (C=O) groups is 1. The van der Waals surface area contributed by atoms with E-state index in [0.717, 1.165) is 25.9 Å². The predicted octanol–water partition coefficient (Wildman–Crippen LogP) is 1.09. The van der Waals surface area contributed by atoms with Crippen molar-refractivity contribution >= 4 is 5.91 Å². The van der Waals surface area contributed by atoms with Gasteiger partial charge in [-0.25, -0.2) is 9.67 Å². The second-order valence-corrected chi connectivity index (χ2v) is 5.18. The minimum Gasteiger partial charge on any atom is -0.333 e. The number of aromatic nitrogens is 3. The number of rotatable bonds is 4. The van der Waals surface area contributed by atoms with Crippen LogP contribution in [0, 0.1) is 0 Å². The van der Waals surface area contributed by atoms with Crippen LogP contribution in [0.1, 0.15) is 23.3 Å². The molecule has 0 aliphatic carbocycles. The molecule has 6 heteroatoms. The van der Waals surface area contributed by atoms with Gasteiger partial charge in [-0.1, -0.05) is 6.07 Å². The summed E-state index contributed by atoms with van der Waals surface area (Å²) in [5.74, 6) is 0.664. The molecule has 0 aromatic carbocycles. The molecule has 1 atom stereocenters. The van der Waals surface area contributed by atoms with Crippen molar-refractivity contribution in [1.82, 2.24) is 25.0 Å². The second-order valence-electron chi connectivity index (χ2n) is 5.18. The smallest absolute Gasteiger partial charge is 0.272 e. The lowest BCUT2D eigenvalue weighted by Gasteiger charge is -2.24. The minimum atomic E-state index is 0.00163. The zero-order chi connectivity index (χ0) is 14.7. The monoisotopic (exact) mass is 285 g/mol. The highest BCUT2D eigenvalue weighted by atomic mass is 16.2. The topological polar surface area (TPSA) is 63.1 Å². The average molecular weight is 285 g/mol. The molecule has 1 amide bonds. The number of hydrogen-bond donors (Lipinski definition) is 1. The van der Waals surface area contributed by atoms with Crippen LogP contribution >= 0.6 is 0 Å². The molecule has 3 heterocycles. The standard InChI is InChI=1S/C15H19N5O/c1-16-11-12-5-3-9-19(12)15(21)13-6-2-7-14(18-13)20-10-4-8-17-20/h2,4,6-8,10,12,16H,3,5,9,11H2,1H3. The largest absolute Gasteiger partial charge is 0.333 e. The maximum Gasteiger partial charge on any atom is 0.272 e. The Hall–Kier alpha value is -2.21. The molecule has 0 spiro atoms. The number of hydrogen-bond acceptors (Lipinski definition) is 4. The van der Waals surface area contributed by atoms with Gasteiger partial charge >= 0.3 is 0 Å². The second kappa shape index (κ2) is 6.05. The molecule has 1 aliphatic heterocycles. The van der Waals surface area contributed by atoms with Crippen LogP contribution in [-0.2, 0) is 0 Å². The molecule has 0 saturated carbocycles. The van der Waals surface area contributed by atoms with Crippen molar-refractivity contribution in [2.24, 2.45) is 0 Å². The number of pyridine rings is 1. The molecule has 1 saturated heterocycles. The molecule has 0 bridgehead atoms. The van der Waals surface area contributed by atoms with Gasteiger partial charge in [0.05, 0.1) is 0 Å². The highest BCUT2D eigenvalue weighted by Gasteiger charge is 2.29. The first-order valence-corrected chi connectivity index (χ1v) is 7.22. The van der Waals surface area contributed by atoms with E-state index in [2.05, 4.69) is 15.4 Å². The quantitative estimate of drug-likeness (QED) is 0.913. The van der Waals surface area contributed by atoms with E-state index in [1.165, 1.54) is 0 Å². The molecule has 1 aliphatic rings. The molecule has 1 fully saturated rings. The van der Waals surface area contributed by atoms with Gasteiger partial charge in [-0.2, -0.15) is 5.10 Å². The van der Waals surface area contributed by atoms with Gasteiger partial charge in [0.25, 0.3) is 5.91 Å². The van der Waals surface area contributed by atoms with Crippen LogP contribution in [0.25, 0.3) is 5.82 Å². The zero-order valence-electron chi connectivity index (χ0n) is 12.1. The summed E-state index contributed by atoms with van der Waals surface area (Å²) in [6, 6.07) is 7.56. The van der Waals surface area contributed by atoms with E-state index in [0.29, 0.717) is 11.5 Å². The molecule has 6 nitrogen and oxygen atoms in total. The van der Waals surface area contributed by atoms with Crippen LogP contribution in [0.3, 0.4) is 0 Å². The van der Waals surface area contributed by atoms with Crippen molar-refractivity contribution in [3.05, 3.63) is 42.4 Å². The first-order valence-electron chi connectivity index (χ1n) is 7.22. The van der Waals surface area contributed by atoms with E-state index in [1.54, 1.807) is 16.9 Å². The summed E-state index contributed by atoms with van der Waals surface area (Å²) >= 11 is 0. The maximum atomic E-state index is 12.7. The van der Waals surface area contributed by atoms with Gasteiger partial charge in [-0.05, 0) is 38.1 Å². The van der Waals surface area contributed by atoms with Crippen molar-refractivity contribution < 1.29 is 4.79 Å². The Balaban J connectivity index is 1.83. The van der Waals surface area contributed by atoms with Crippen LogP contribution in [0.15, 0.2) is 36.7 Å². The van der Waals surface area contributed by atoms with Gasteiger partial charge in [-0.3, -0.25) is 4.79 Å². The van der Waals surface area contributed by atoms with Crippen molar-refractivity contribution in [3.63, 3.8) is 0 Å². The number of likely N-dealkylation sites (N-methyl/N-ethyl adjacent to an activating group) is 1. The normalized spacial score (nSPS) is 18.1. The number of nitrogens with one attached hydrogen (secondary N) is 1. The summed E-state index contributed by atoms with van der Waals surface area (Å²) in [7, 11) is 1.91. The van der Waals surface area contributed by atoms with Crippen LogP contribution < -0.4 is 5.32 Å².